The number of hydrogen-bond donors (Lipinski definition) is 0. The molecule has 5 heteroatoms. The molecule has 2 aliphatic rings. The largest absolute Gasteiger partial charge is 0.458 e. The van der Waals surface area contributed by atoms with E-state index in [9.17, 15) is 0 Å². The van der Waals surface area contributed by atoms with Gasteiger partial charge in [-0.15, -0.1) is 0 Å². The molecule has 0 N–H and O–H groups in total. The third-order valence-corrected chi connectivity index (χ3v) is 11.8. The van der Waals surface area contributed by atoms with Crippen LogP contribution in [-0.4, -0.2) is 11.3 Å². The quantitative estimate of drug-likeness (QED) is 0.165. The summed E-state index contributed by atoms with van der Waals surface area (Å²) in [4.78, 5) is 4.75. The second-order valence-electron chi connectivity index (χ2n) is 14.9. The second-order valence-corrected chi connectivity index (χ2v) is 14.9. The first kappa shape index (κ1) is 31.8. The maximum absolute atomic E-state index is 6.96. The fourth-order valence-electron chi connectivity index (χ4n) is 9.32. The SMILES string of the molecule is c1ccc(N(c2ccc3ccccc3c2)c2ccc3c4cc5c(cc4n(-c4ccccc4)c3c2)B2c3ccccc3N(c3ccccc3)c3cccc(c32)O5)cc1. The van der Waals surface area contributed by atoms with Crippen LogP contribution in [0.4, 0.5) is 34.1 Å². The zero-order valence-electron chi connectivity index (χ0n) is 31.0. The van der Waals surface area contributed by atoms with Gasteiger partial charge in [-0.3, -0.25) is 0 Å². The van der Waals surface area contributed by atoms with Crippen molar-refractivity contribution >= 4 is 89.8 Å². The van der Waals surface area contributed by atoms with Gasteiger partial charge >= 0.3 is 0 Å². The number of aromatic nitrogens is 1. The van der Waals surface area contributed by atoms with Gasteiger partial charge in [0.15, 0.2) is 0 Å². The number of benzene rings is 9. The molecule has 0 fully saturated rings. The summed E-state index contributed by atoms with van der Waals surface area (Å²) < 4.78 is 9.40. The highest BCUT2D eigenvalue weighted by atomic mass is 16.5. The van der Waals surface area contributed by atoms with Gasteiger partial charge < -0.3 is 19.1 Å². The minimum Gasteiger partial charge on any atom is -0.458 e. The summed E-state index contributed by atoms with van der Waals surface area (Å²) in [6.07, 6.45) is 0. The lowest BCUT2D eigenvalue weighted by Crippen LogP contribution is -2.59. The van der Waals surface area contributed by atoms with Crippen LogP contribution in [0.15, 0.2) is 206 Å². The van der Waals surface area contributed by atoms with Crippen molar-refractivity contribution in [3.63, 3.8) is 0 Å². The fraction of sp³-hybridized carbons (Fsp3) is 0. The third-order valence-electron chi connectivity index (χ3n) is 11.8. The first-order valence-corrected chi connectivity index (χ1v) is 19.5. The predicted molar refractivity (Wildman–Crippen MR) is 239 cm³/mol. The van der Waals surface area contributed by atoms with E-state index in [0.717, 1.165) is 62.0 Å². The zero-order chi connectivity index (χ0) is 37.5. The van der Waals surface area contributed by atoms with Crippen molar-refractivity contribution in [1.82, 2.24) is 4.57 Å². The highest BCUT2D eigenvalue weighted by Gasteiger charge is 2.42. The van der Waals surface area contributed by atoms with Crippen molar-refractivity contribution in [1.29, 1.82) is 0 Å². The first-order chi connectivity index (χ1) is 28.3. The summed E-state index contributed by atoms with van der Waals surface area (Å²) in [5.41, 5.74) is 13.8. The van der Waals surface area contributed by atoms with Gasteiger partial charge in [0.25, 0.3) is 6.71 Å². The zero-order valence-corrected chi connectivity index (χ0v) is 31.0. The molecule has 0 unspecified atom stereocenters. The van der Waals surface area contributed by atoms with Crippen LogP contribution in [0.5, 0.6) is 11.5 Å². The van der Waals surface area contributed by atoms with Crippen molar-refractivity contribution in [3.05, 3.63) is 206 Å². The standard InChI is InChI=1S/C52H34BN3O/c1-4-17-37(18-5-1)54(40-28-27-35-15-10-11-16-36(35)31-40)41-29-30-42-43-33-51-45(34-49(43)56(48(42)32-41)39-21-8-3-9-22-39)53-44-23-12-13-24-46(44)55(38-19-6-2-7-20-38)47-25-14-26-50(57-51)52(47)53/h1-34H. The molecular weight excluding hydrogens is 693 g/mol. The molecule has 2 aliphatic heterocycles. The first-order valence-electron chi connectivity index (χ1n) is 19.5. The Morgan fingerprint density at radius 2 is 1.05 bits per heavy atom. The lowest BCUT2D eigenvalue weighted by atomic mass is 9.34. The van der Waals surface area contributed by atoms with Crippen LogP contribution in [-0.2, 0) is 0 Å². The van der Waals surface area contributed by atoms with Crippen LogP contribution in [0.3, 0.4) is 0 Å². The summed E-state index contributed by atoms with van der Waals surface area (Å²) in [5.74, 6) is 1.81. The summed E-state index contributed by atoms with van der Waals surface area (Å²) >= 11 is 0. The van der Waals surface area contributed by atoms with Crippen LogP contribution in [0.25, 0.3) is 38.3 Å². The number of nitrogens with zero attached hydrogens (tertiary/aromatic N) is 3. The number of rotatable bonds is 5. The molecule has 1 aromatic heterocycles. The average Bonchev–Trinajstić information content (AvgIpc) is 3.59. The van der Waals surface area contributed by atoms with Crippen LogP contribution < -0.4 is 30.9 Å². The molecule has 0 spiro atoms. The van der Waals surface area contributed by atoms with Gasteiger partial charge in [-0.05, 0) is 118 Å². The van der Waals surface area contributed by atoms with Crippen molar-refractivity contribution in [3.8, 4) is 17.2 Å². The maximum Gasteiger partial charge on any atom is 0.256 e. The lowest BCUT2D eigenvalue weighted by molar-refractivity contribution is 0.488. The Labute approximate surface area is 331 Å². The molecule has 266 valence electrons. The summed E-state index contributed by atoms with van der Waals surface area (Å²) in [5, 5.41) is 4.77. The molecule has 3 heterocycles. The molecule has 0 amide bonds. The molecular formula is C52H34BN3O. The highest BCUT2D eigenvalue weighted by molar-refractivity contribution is 6.99. The van der Waals surface area contributed by atoms with Gasteiger partial charge in [0.05, 0.1) is 11.0 Å². The molecule has 0 aliphatic carbocycles. The Morgan fingerprint density at radius 3 is 1.88 bits per heavy atom. The van der Waals surface area contributed by atoms with E-state index in [1.807, 2.05) is 0 Å². The number of ether oxygens (including phenoxy) is 1. The van der Waals surface area contributed by atoms with Crippen LogP contribution in [0, 0.1) is 0 Å². The summed E-state index contributed by atoms with van der Waals surface area (Å²) in [6.45, 7) is -0.000200. The molecule has 10 aromatic rings. The molecule has 12 rings (SSSR count). The Balaban J connectivity index is 1.10. The van der Waals surface area contributed by atoms with Gasteiger partial charge in [0.2, 0.25) is 0 Å². The number of hydrogen-bond acceptors (Lipinski definition) is 3. The molecule has 0 saturated heterocycles. The predicted octanol–water partition coefficient (Wildman–Crippen LogP) is 11.8. The molecule has 4 nitrogen and oxygen atoms in total. The summed E-state index contributed by atoms with van der Waals surface area (Å²) in [7, 11) is 0. The van der Waals surface area contributed by atoms with Crippen molar-refractivity contribution < 1.29 is 4.74 Å². The van der Waals surface area contributed by atoms with E-state index >= 15 is 0 Å². The smallest absolute Gasteiger partial charge is 0.256 e. The van der Waals surface area contributed by atoms with Crippen LogP contribution >= 0.6 is 0 Å². The van der Waals surface area contributed by atoms with E-state index in [1.165, 1.54) is 38.2 Å². The van der Waals surface area contributed by atoms with Gasteiger partial charge in [-0.2, -0.15) is 0 Å². The van der Waals surface area contributed by atoms with E-state index in [4.69, 9.17) is 4.74 Å². The Bertz CT molecular complexity index is 3180. The van der Waals surface area contributed by atoms with E-state index in [-0.39, 0.29) is 6.71 Å². The number of anilines is 6. The van der Waals surface area contributed by atoms with E-state index < -0.39 is 0 Å². The van der Waals surface area contributed by atoms with Gasteiger partial charge in [0.1, 0.15) is 11.5 Å². The normalized spacial score (nSPS) is 12.6. The maximum atomic E-state index is 6.96. The fourth-order valence-corrected chi connectivity index (χ4v) is 9.32. The van der Waals surface area contributed by atoms with E-state index in [2.05, 4.69) is 221 Å². The van der Waals surface area contributed by atoms with Crippen molar-refractivity contribution in [2.24, 2.45) is 0 Å². The number of fused-ring (bicyclic) bond motifs is 8. The van der Waals surface area contributed by atoms with Crippen molar-refractivity contribution in [2.75, 3.05) is 9.80 Å². The van der Waals surface area contributed by atoms with Gasteiger partial charge in [-0.1, -0.05) is 115 Å². The van der Waals surface area contributed by atoms with Gasteiger partial charge in [0, 0.05) is 50.6 Å². The Hall–Kier alpha value is -7.50. The average molecular weight is 728 g/mol. The lowest BCUT2D eigenvalue weighted by Gasteiger charge is -2.39. The Morgan fingerprint density at radius 1 is 0.404 bits per heavy atom. The minimum atomic E-state index is -0.000200. The molecule has 0 bridgehead atoms. The molecule has 57 heavy (non-hydrogen) atoms. The topological polar surface area (TPSA) is 20.6 Å². The molecule has 9 aromatic carbocycles. The monoisotopic (exact) mass is 727 g/mol. The van der Waals surface area contributed by atoms with E-state index in [0.29, 0.717) is 0 Å². The Kier molecular flexibility index (Phi) is 6.99. The van der Waals surface area contributed by atoms with Crippen LogP contribution in [0.1, 0.15) is 0 Å². The van der Waals surface area contributed by atoms with Crippen molar-refractivity contribution in [2.45, 2.75) is 0 Å². The second kappa shape index (κ2) is 12.5. The highest BCUT2D eigenvalue weighted by Crippen LogP contribution is 2.44. The van der Waals surface area contributed by atoms with Gasteiger partial charge in [-0.25, -0.2) is 0 Å². The molecule has 0 atom stereocenters. The summed E-state index contributed by atoms with van der Waals surface area (Å²) in [6, 6.07) is 74.3. The number of para-hydroxylation sites is 4. The molecule has 0 radical (unpaired) electrons. The van der Waals surface area contributed by atoms with E-state index in [1.54, 1.807) is 0 Å². The minimum absolute atomic E-state index is 0.000200. The van der Waals surface area contributed by atoms with Crippen LogP contribution in [0.2, 0.25) is 0 Å². The third kappa shape index (κ3) is 4.89. The molecule has 0 saturated carbocycles.